The Labute approximate surface area is 186 Å². The molecule has 5 nitrogen and oxygen atoms in total. The quantitative estimate of drug-likeness (QED) is 0.404. The second-order valence-corrected chi connectivity index (χ2v) is 6.91. The van der Waals surface area contributed by atoms with Gasteiger partial charge in [0.1, 0.15) is 0 Å². The number of hydrogen-bond donors (Lipinski definition) is 0. The van der Waals surface area contributed by atoms with Crippen LogP contribution in [0, 0.1) is 10.1 Å². The molecule has 1 aromatic heterocycles. The molecule has 0 atom stereocenters. The van der Waals surface area contributed by atoms with E-state index in [-0.39, 0.29) is 43.3 Å². The zero-order chi connectivity index (χ0) is 18.1. The van der Waals surface area contributed by atoms with E-state index in [9.17, 15) is 10.1 Å². The minimum Gasteiger partial charge on any atom is -0.338 e. The van der Waals surface area contributed by atoms with Gasteiger partial charge >= 0.3 is 0 Å². The van der Waals surface area contributed by atoms with Gasteiger partial charge in [-0.1, -0.05) is 42.1 Å². The van der Waals surface area contributed by atoms with Crippen LogP contribution in [-0.2, 0) is 32.7 Å². The Hall–Kier alpha value is -2.02. The summed E-state index contributed by atoms with van der Waals surface area (Å²) in [5, 5.41) is 13.1. The molecule has 7 heteroatoms. The van der Waals surface area contributed by atoms with Crippen molar-refractivity contribution in [3.63, 3.8) is 0 Å². The van der Waals surface area contributed by atoms with Crippen molar-refractivity contribution in [3.05, 3.63) is 87.6 Å². The number of aromatic nitrogens is 1. The van der Waals surface area contributed by atoms with Gasteiger partial charge in [-0.3, -0.25) is 15.1 Å². The summed E-state index contributed by atoms with van der Waals surface area (Å²) in [5.41, 5.74) is 3.17. The molecule has 0 saturated heterocycles. The molecule has 0 fully saturated rings. The van der Waals surface area contributed by atoms with Gasteiger partial charge in [0, 0.05) is 68.4 Å². The number of nitro groups is 1. The minimum absolute atomic E-state index is 0. The van der Waals surface area contributed by atoms with E-state index >= 15 is 0 Å². The molecule has 0 amide bonds. The van der Waals surface area contributed by atoms with E-state index in [0.29, 0.717) is 0 Å². The van der Waals surface area contributed by atoms with Crippen molar-refractivity contribution in [3.8, 4) is 0 Å². The molecule has 2 heterocycles. The van der Waals surface area contributed by atoms with Crippen molar-refractivity contribution in [1.29, 1.82) is 0 Å². The van der Waals surface area contributed by atoms with Crippen LogP contribution in [0.3, 0.4) is 0 Å². The van der Waals surface area contributed by atoms with E-state index in [2.05, 4.69) is 17.1 Å². The number of non-ortho nitro benzene ring substituents is 1. The summed E-state index contributed by atoms with van der Waals surface area (Å²) < 4.78 is 0. The van der Waals surface area contributed by atoms with E-state index in [0.717, 1.165) is 32.1 Å². The summed E-state index contributed by atoms with van der Waals surface area (Å²) in [6.07, 6.45) is 7.88. The fourth-order valence-electron chi connectivity index (χ4n) is 2.92. The molecule has 0 bridgehead atoms. The SMILES string of the molecule is CN1/C(=C/C=C/c2ccnc3ccccc23)Sc2cc([N+](=O)[O-])ccc21.[Y]. The molecule has 4 rings (SSSR count). The van der Waals surface area contributed by atoms with E-state index in [1.54, 1.807) is 18.3 Å². The first-order chi connectivity index (χ1) is 12.6. The molecule has 27 heavy (non-hydrogen) atoms. The van der Waals surface area contributed by atoms with Crippen molar-refractivity contribution in [2.75, 3.05) is 11.9 Å². The Bertz CT molecular complexity index is 1080. The standard InChI is InChI=1S/C20H15N3O2S.Y/c1-22-18-10-9-15(23(24)25)13-19(18)26-20(22)8-4-5-14-11-12-21-17-7-3-2-6-16(14)17;/h2-13H,1H3;/b5-4+,20-8-;. The number of allylic oxidation sites excluding steroid dienone is 2. The molecule has 0 spiro atoms. The molecular formula is C20H15N3O2SY. The first-order valence-electron chi connectivity index (χ1n) is 8.05. The van der Waals surface area contributed by atoms with Gasteiger partial charge in [-0.25, -0.2) is 0 Å². The summed E-state index contributed by atoms with van der Waals surface area (Å²) in [7, 11) is 1.96. The van der Waals surface area contributed by atoms with Crippen LogP contribution in [0.25, 0.3) is 17.0 Å². The van der Waals surface area contributed by atoms with Crippen LogP contribution < -0.4 is 4.90 Å². The maximum absolute atomic E-state index is 11.0. The third-order valence-corrected chi connectivity index (χ3v) is 5.42. The third kappa shape index (κ3) is 3.98. The molecule has 1 radical (unpaired) electrons. The van der Waals surface area contributed by atoms with Crippen LogP contribution in [0.5, 0.6) is 0 Å². The number of pyridine rings is 1. The minimum atomic E-state index is -0.364. The zero-order valence-electron chi connectivity index (χ0n) is 14.6. The van der Waals surface area contributed by atoms with Crippen LogP contribution in [0.4, 0.5) is 11.4 Å². The van der Waals surface area contributed by atoms with Crippen LogP contribution >= 0.6 is 11.8 Å². The molecule has 0 aliphatic carbocycles. The Balaban J connectivity index is 0.00000210. The van der Waals surface area contributed by atoms with E-state index < -0.39 is 0 Å². The average molecular weight is 450 g/mol. The van der Waals surface area contributed by atoms with Crippen molar-refractivity contribution < 1.29 is 37.6 Å². The van der Waals surface area contributed by atoms with Crippen LogP contribution in [0.1, 0.15) is 5.56 Å². The topological polar surface area (TPSA) is 59.3 Å². The largest absolute Gasteiger partial charge is 0.338 e. The van der Waals surface area contributed by atoms with E-state index in [1.807, 2.05) is 48.4 Å². The van der Waals surface area contributed by atoms with Gasteiger partial charge in [0.25, 0.3) is 5.69 Å². The molecule has 131 valence electrons. The number of nitro benzene ring substituents is 1. The van der Waals surface area contributed by atoms with Crippen molar-refractivity contribution >= 4 is 40.1 Å². The van der Waals surface area contributed by atoms with E-state index in [1.165, 1.54) is 17.8 Å². The van der Waals surface area contributed by atoms with Crippen molar-refractivity contribution in [2.24, 2.45) is 0 Å². The van der Waals surface area contributed by atoms with Crippen LogP contribution in [-0.4, -0.2) is 17.0 Å². The van der Waals surface area contributed by atoms with E-state index in [4.69, 9.17) is 0 Å². The van der Waals surface area contributed by atoms with Crippen molar-refractivity contribution in [2.45, 2.75) is 4.90 Å². The number of fused-ring (bicyclic) bond motifs is 2. The number of benzene rings is 2. The molecule has 2 aromatic carbocycles. The Morgan fingerprint density at radius 1 is 1.19 bits per heavy atom. The zero-order valence-corrected chi connectivity index (χ0v) is 18.2. The summed E-state index contributed by atoms with van der Waals surface area (Å²) in [4.78, 5) is 17.9. The molecule has 0 saturated carbocycles. The summed E-state index contributed by atoms with van der Waals surface area (Å²) >= 11 is 1.53. The first-order valence-corrected chi connectivity index (χ1v) is 8.87. The second-order valence-electron chi connectivity index (χ2n) is 5.85. The number of thioether (sulfide) groups is 1. The molecule has 0 N–H and O–H groups in total. The third-order valence-electron chi connectivity index (χ3n) is 4.26. The van der Waals surface area contributed by atoms with Gasteiger partial charge in [-0.2, -0.15) is 0 Å². The first kappa shape index (κ1) is 19.7. The fraction of sp³-hybridized carbons (Fsp3) is 0.0500. The number of hydrogen-bond acceptors (Lipinski definition) is 5. The van der Waals surface area contributed by atoms with Gasteiger partial charge in [-0.15, -0.1) is 0 Å². The predicted molar refractivity (Wildman–Crippen MR) is 106 cm³/mol. The predicted octanol–water partition coefficient (Wildman–Crippen LogP) is 5.24. The molecule has 0 unspecified atom stereocenters. The summed E-state index contributed by atoms with van der Waals surface area (Å²) in [5.74, 6) is 0. The Kier molecular flexibility index (Phi) is 6.09. The van der Waals surface area contributed by atoms with Gasteiger partial charge in [0.15, 0.2) is 0 Å². The maximum Gasteiger partial charge on any atom is 0.270 e. The maximum atomic E-state index is 11.0. The molecular weight excluding hydrogens is 435 g/mol. The number of rotatable bonds is 3. The monoisotopic (exact) mass is 450 g/mol. The van der Waals surface area contributed by atoms with Crippen LogP contribution in [0.2, 0.25) is 0 Å². The normalized spacial score (nSPS) is 14.6. The number of nitrogens with zero attached hydrogens (tertiary/aromatic N) is 3. The second kappa shape index (κ2) is 8.34. The Morgan fingerprint density at radius 3 is 2.81 bits per heavy atom. The van der Waals surface area contributed by atoms with Gasteiger partial charge in [-0.05, 0) is 29.8 Å². The van der Waals surface area contributed by atoms with Gasteiger partial charge in [0.05, 0.1) is 21.2 Å². The number of para-hydroxylation sites is 1. The van der Waals surface area contributed by atoms with Gasteiger partial charge < -0.3 is 4.90 Å². The fourth-order valence-corrected chi connectivity index (χ4v) is 4.01. The Morgan fingerprint density at radius 2 is 2.00 bits per heavy atom. The molecule has 3 aromatic rings. The van der Waals surface area contributed by atoms with Crippen molar-refractivity contribution in [1.82, 2.24) is 4.98 Å². The molecule has 1 aliphatic rings. The summed E-state index contributed by atoms with van der Waals surface area (Å²) in [6.45, 7) is 0. The van der Waals surface area contributed by atoms with Gasteiger partial charge in [0.2, 0.25) is 0 Å². The number of anilines is 1. The molecule has 1 aliphatic heterocycles. The average Bonchev–Trinajstić information content (AvgIpc) is 2.97. The van der Waals surface area contributed by atoms with Crippen LogP contribution in [0.15, 0.2) is 76.8 Å². The summed E-state index contributed by atoms with van der Waals surface area (Å²) in [6, 6.07) is 15.0. The smallest absolute Gasteiger partial charge is 0.270 e.